The highest BCUT2D eigenvalue weighted by atomic mass is 32.2. The zero-order valence-electron chi connectivity index (χ0n) is 17.7. The maximum Gasteiger partial charge on any atom is 0.248 e. The van der Waals surface area contributed by atoms with E-state index in [0.717, 1.165) is 42.9 Å². The largest absolute Gasteiger partial charge is 0.372 e. The molecule has 2 aliphatic rings. The molecule has 2 atom stereocenters. The minimum absolute atomic E-state index is 0.0698. The Morgan fingerprint density at radius 2 is 1.97 bits per heavy atom. The van der Waals surface area contributed by atoms with E-state index in [1.54, 1.807) is 0 Å². The van der Waals surface area contributed by atoms with Gasteiger partial charge in [-0.25, -0.2) is 8.42 Å². The maximum atomic E-state index is 12.3. The van der Waals surface area contributed by atoms with Gasteiger partial charge in [0.15, 0.2) is 15.0 Å². The Hall–Kier alpha value is -1.54. The number of fused-ring (bicyclic) bond motifs is 1. The topological polar surface area (TPSA) is 70.0 Å². The van der Waals surface area contributed by atoms with Crippen molar-refractivity contribution in [1.29, 1.82) is 0 Å². The lowest BCUT2D eigenvalue weighted by atomic mass is 10.1. The summed E-state index contributed by atoms with van der Waals surface area (Å²) in [7, 11) is -3.07. The van der Waals surface area contributed by atoms with Crippen molar-refractivity contribution in [3.05, 3.63) is 23.8 Å². The number of rotatable bonds is 7. The Kier molecular flexibility index (Phi) is 6.94. The van der Waals surface area contributed by atoms with Gasteiger partial charge in [-0.3, -0.25) is 4.79 Å². The van der Waals surface area contributed by atoms with Crippen LogP contribution >= 0.6 is 11.8 Å². The van der Waals surface area contributed by atoms with Crippen molar-refractivity contribution in [3.8, 4) is 0 Å². The molecule has 0 radical (unpaired) electrons. The second-order valence-corrected chi connectivity index (χ2v) is 11.1. The quantitative estimate of drug-likeness (QED) is 0.649. The number of anilines is 2. The summed E-state index contributed by atoms with van der Waals surface area (Å²) in [5.41, 5.74) is 3.16. The highest BCUT2D eigenvalue weighted by molar-refractivity contribution is 8.16. The van der Waals surface area contributed by atoms with E-state index < -0.39 is 9.84 Å². The summed E-state index contributed by atoms with van der Waals surface area (Å²) in [5.74, 6) is 0.140. The van der Waals surface area contributed by atoms with Crippen molar-refractivity contribution in [1.82, 2.24) is 0 Å². The van der Waals surface area contributed by atoms with E-state index in [9.17, 15) is 13.2 Å². The first-order valence-electron chi connectivity index (χ1n) is 10.4. The molecule has 2 heterocycles. The Morgan fingerprint density at radius 1 is 1.24 bits per heavy atom. The van der Waals surface area contributed by atoms with E-state index in [0.29, 0.717) is 11.6 Å². The number of aliphatic imine (C=N–C) groups is 1. The number of amidine groups is 1. The molecule has 0 N–H and O–H groups in total. The Balaban J connectivity index is 1.97. The lowest BCUT2D eigenvalue weighted by molar-refractivity contribution is -0.117. The van der Waals surface area contributed by atoms with Crippen LogP contribution in [0, 0.1) is 6.92 Å². The summed E-state index contributed by atoms with van der Waals surface area (Å²) in [6.07, 6.45) is 2.20. The maximum absolute atomic E-state index is 12.3. The molecule has 6 nitrogen and oxygen atoms in total. The van der Waals surface area contributed by atoms with Gasteiger partial charge in [-0.1, -0.05) is 25.1 Å². The average molecular weight is 438 g/mol. The van der Waals surface area contributed by atoms with Crippen LogP contribution in [0.2, 0.25) is 0 Å². The van der Waals surface area contributed by atoms with E-state index in [-0.39, 0.29) is 28.7 Å². The van der Waals surface area contributed by atoms with Crippen molar-refractivity contribution in [2.45, 2.75) is 58.2 Å². The number of hydrogen-bond donors (Lipinski definition) is 0. The van der Waals surface area contributed by atoms with Crippen LogP contribution in [-0.2, 0) is 14.6 Å². The van der Waals surface area contributed by atoms with Crippen LogP contribution < -0.4 is 9.80 Å². The highest BCUT2D eigenvalue weighted by Gasteiger charge is 2.49. The molecule has 2 saturated heterocycles. The van der Waals surface area contributed by atoms with Gasteiger partial charge in [-0.15, -0.1) is 0 Å². The van der Waals surface area contributed by atoms with E-state index in [1.165, 1.54) is 11.8 Å². The smallest absolute Gasteiger partial charge is 0.248 e. The van der Waals surface area contributed by atoms with Crippen LogP contribution in [0.3, 0.4) is 0 Å². The predicted molar refractivity (Wildman–Crippen MR) is 123 cm³/mol. The molecule has 2 aliphatic heterocycles. The molecule has 1 amide bonds. The van der Waals surface area contributed by atoms with Crippen LogP contribution in [0.15, 0.2) is 23.2 Å². The molecule has 1 aromatic rings. The van der Waals surface area contributed by atoms with Gasteiger partial charge in [0.25, 0.3) is 0 Å². The zero-order chi connectivity index (χ0) is 21.2. The molecule has 2 fully saturated rings. The number of benzene rings is 1. The van der Waals surface area contributed by atoms with Crippen LogP contribution in [0.25, 0.3) is 0 Å². The lowest BCUT2D eigenvalue weighted by Gasteiger charge is -2.28. The molecule has 8 heteroatoms. The number of carbonyl (C=O) groups excluding carboxylic acids is 1. The summed E-state index contributed by atoms with van der Waals surface area (Å²) in [5, 5.41) is 0.578. The molecular weight excluding hydrogens is 406 g/mol. The monoisotopic (exact) mass is 437 g/mol. The van der Waals surface area contributed by atoms with Gasteiger partial charge in [0, 0.05) is 36.1 Å². The van der Waals surface area contributed by atoms with Crippen LogP contribution in [0.4, 0.5) is 11.4 Å². The summed E-state index contributed by atoms with van der Waals surface area (Å²) in [4.78, 5) is 21.0. The first kappa shape index (κ1) is 22.2. The van der Waals surface area contributed by atoms with Crippen molar-refractivity contribution >= 4 is 44.0 Å². The first-order valence-corrected chi connectivity index (χ1v) is 13.1. The fourth-order valence-electron chi connectivity index (χ4n) is 4.03. The second kappa shape index (κ2) is 9.08. The van der Waals surface area contributed by atoms with Crippen molar-refractivity contribution < 1.29 is 13.2 Å². The molecule has 3 rings (SSSR count). The Bertz CT molecular complexity index is 894. The lowest BCUT2D eigenvalue weighted by Crippen LogP contribution is -2.38. The van der Waals surface area contributed by atoms with Gasteiger partial charge < -0.3 is 9.80 Å². The van der Waals surface area contributed by atoms with E-state index >= 15 is 0 Å². The van der Waals surface area contributed by atoms with Gasteiger partial charge in [-0.05, 0) is 51.0 Å². The summed E-state index contributed by atoms with van der Waals surface area (Å²) in [6.45, 7) is 10.2. The van der Waals surface area contributed by atoms with Crippen molar-refractivity contribution in [2.24, 2.45) is 4.99 Å². The molecule has 1 aromatic carbocycles. The average Bonchev–Trinajstić information content (AvgIpc) is 3.12. The van der Waals surface area contributed by atoms with Gasteiger partial charge >= 0.3 is 0 Å². The van der Waals surface area contributed by atoms with Gasteiger partial charge in [0.2, 0.25) is 5.91 Å². The second-order valence-electron chi connectivity index (χ2n) is 7.71. The molecule has 0 aliphatic carbocycles. The van der Waals surface area contributed by atoms with E-state index in [2.05, 4.69) is 35.9 Å². The number of unbranched alkanes of at least 4 members (excludes halogenated alkanes) is 1. The van der Waals surface area contributed by atoms with Crippen molar-refractivity contribution in [3.63, 3.8) is 0 Å². The van der Waals surface area contributed by atoms with Gasteiger partial charge in [0.1, 0.15) is 0 Å². The SMILES string of the molecule is CCCCC(=O)N=C1S[C@@H]2CS(=O)(=O)C[C@H]2N1c1ccc(N(CC)CC)cc1C. The molecule has 0 bridgehead atoms. The van der Waals surface area contributed by atoms with Crippen LogP contribution in [0.5, 0.6) is 0 Å². The molecule has 29 heavy (non-hydrogen) atoms. The van der Waals surface area contributed by atoms with Crippen LogP contribution in [0.1, 0.15) is 45.6 Å². The molecular formula is C21H31N3O3S2. The summed E-state index contributed by atoms with van der Waals surface area (Å²) >= 11 is 1.44. The Morgan fingerprint density at radius 3 is 2.59 bits per heavy atom. The van der Waals surface area contributed by atoms with Gasteiger partial charge in [0.05, 0.1) is 17.5 Å². The molecule has 0 spiro atoms. The molecule has 0 unspecified atom stereocenters. The minimum atomic E-state index is -3.07. The standard InChI is InChI=1S/C21H31N3O3S2/c1-5-8-9-20(25)22-21-24(18-13-29(26,27)14-19(18)28-21)17-11-10-16(12-15(17)4)23(6-2)7-3/h10-12,18-19H,5-9,13-14H2,1-4H3/t18-,19-/m1/s1. The highest BCUT2D eigenvalue weighted by Crippen LogP contribution is 2.42. The third kappa shape index (κ3) is 4.79. The number of sulfone groups is 1. The number of aryl methyl sites for hydroxylation is 1. The van der Waals surface area contributed by atoms with E-state index in [4.69, 9.17) is 0 Å². The zero-order valence-corrected chi connectivity index (χ0v) is 19.4. The molecule has 0 saturated carbocycles. The molecule has 0 aromatic heterocycles. The van der Waals surface area contributed by atoms with Crippen LogP contribution in [-0.4, -0.2) is 55.4 Å². The fraction of sp³-hybridized carbons (Fsp3) is 0.619. The number of carbonyl (C=O) groups is 1. The predicted octanol–water partition coefficient (Wildman–Crippen LogP) is 3.63. The number of nitrogens with zero attached hydrogens (tertiary/aromatic N) is 3. The summed E-state index contributed by atoms with van der Waals surface area (Å²) < 4.78 is 24.5. The van der Waals surface area contributed by atoms with E-state index in [1.807, 2.05) is 24.8 Å². The molecule has 160 valence electrons. The summed E-state index contributed by atoms with van der Waals surface area (Å²) in [6, 6.07) is 6.09. The first-order chi connectivity index (χ1) is 13.8. The Labute approximate surface area is 178 Å². The number of hydrogen-bond acceptors (Lipinski definition) is 5. The van der Waals surface area contributed by atoms with Gasteiger partial charge in [-0.2, -0.15) is 4.99 Å². The number of amides is 1. The number of thioether (sulfide) groups is 1. The fourth-order valence-corrected chi connectivity index (χ4v) is 7.96. The third-order valence-electron chi connectivity index (χ3n) is 5.60. The minimum Gasteiger partial charge on any atom is -0.372 e. The normalized spacial score (nSPS) is 24.1. The van der Waals surface area contributed by atoms with Crippen molar-refractivity contribution in [2.75, 3.05) is 34.4 Å². The third-order valence-corrected chi connectivity index (χ3v) is 8.81.